The smallest absolute Gasteiger partial charge is 0.220 e. The summed E-state index contributed by atoms with van der Waals surface area (Å²) in [7, 11) is 0. The highest BCUT2D eigenvalue weighted by Gasteiger charge is 2.62. The van der Waals surface area contributed by atoms with Crippen LogP contribution >= 0.6 is 0 Å². The fourth-order valence-electron chi connectivity index (χ4n) is 10.2. The van der Waals surface area contributed by atoms with Crippen LogP contribution in [0.25, 0.3) is 0 Å². The highest BCUT2D eigenvalue weighted by molar-refractivity contribution is 5.75. The third kappa shape index (κ3) is 14.5. The van der Waals surface area contributed by atoms with Crippen LogP contribution in [0.5, 0.6) is 0 Å². The van der Waals surface area contributed by atoms with Crippen molar-refractivity contribution < 1.29 is 19.0 Å². The number of hydrogen-bond donors (Lipinski definition) is 3. The molecule has 0 bridgehead atoms. The Bertz CT molecular complexity index is 902. The molecule has 0 aromatic carbocycles. The zero-order chi connectivity index (χ0) is 37.7. The van der Waals surface area contributed by atoms with Crippen LogP contribution in [0, 0.1) is 40.4 Å². The van der Waals surface area contributed by atoms with Crippen LogP contribution in [0.4, 0.5) is 0 Å². The van der Waals surface area contributed by atoms with E-state index in [0.29, 0.717) is 49.1 Å². The van der Waals surface area contributed by atoms with Crippen LogP contribution in [0.15, 0.2) is 0 Å². The van der Waals surface area contributed by atoms with Gasteiger partial charge in [0.2, 0.25) is 5.91 Å². The van der Waals surface area contributed by atoms with Crippen molar-refractivity contribution in [2.24, 2.45) is 51.9 Å². The third-order valence-electron chi connectivity index (χ3n) is 13.4. The summed E-state index contributed by atoms with van der Waals surface area (Å²) in [6, 6.07) is 0. The zero-order valence-corrected chi connectivity index (χ0v) is 35.1. The van der Waals surface area contributed by atoms with E-state index in [9.17, 15) is 4.79 Å². The van der Waals surface area contributed by atoms with Crippen LogP contribution < -0.4 is 16.8 Å². The van der Waals surface area contributed by atoms with Crippen molar-refractivity contribution in [1.82, 2.24) is 5.32 Å². The first-order chi connectivity index (χ1) is 24.5. The maximum atomic E-state index is 13.0. The molecule has 0 aromatic heterocycles. The topological polar surface area (TPSA) is 109 Å². The lowest BCUT2D eigenvalue weighted by atomic mass is 9.49. The van der Waals surface area contributed by atoms with Gasteiger partial charge in [-0.3, -0.25) is 4.79 Å². The Hall–Kier alpha value is -0.730. The Labute approximate surface area is 316 Å². The summed E-state index contributed by atoms with van der Waals surface area (Å²) in [5.74, 6) is 2.72. The van der Waals surface area contributed by atoms with Gasteiger partial charge in [-0.25, -0.2) is 0 Å². The average Bonchev–Trinajstić information content (AvgIpc) is 3.48. The minimum atomic E-state index is 0.0407. The molecule has 9 atom stereocenters. The number of unbranched alkanes of at least 4 members (excludes halogenated alkanes) is 6. The Kier molecular flexibility index (Phi) is 23.1. The molecule has 7 heteroatoms. The molecule has 0 aromatic rings. The van der Waals surface area contributed by atoms with Crippen LogP contribution in [-0.2, 0) is 19.0 Å². The number of carbonyl (C=O) groups excluding carboxylic acids is 1. The molecule has 2 rings (SSSR count). The predicted molar refractivity (Wildman–Crippen MR) is 216 cm³/mol. The van der Waals surface area contributed by atoms with Crippen LogP contribution in [-0.4, -0.2) is 63.7 Å². The van der Waals surface area contributed by atoms with Crippen LogP contribution in [0.1, 0.15) is 177 Å². The molecule has 2 aliphatic carbocycles. The van der Waals surface area contributed by atoms with Crippen molar-refractivity contribution in [3.63, 3.8) is 0 Å². The molecular formula is C44H87N3O4. The predicted octanol–water partition coefficient (Wildman–Crippen LogP) is 9.83. The SMILES string of the molecule is CCCCCCCCNC(=O)CC[C@@H](C)[C@H]1CC[C@H]2C([C@@H](CC)OCCCC)[C@@H](C(C)(C)CC[C@H](CC)OCCCN)C[C@H](OCCCN)[C@]12C. The molecule has 0 saturated heterocycles. The Morgan fingerprint density at radius 1 is 0.843 bits per heavy atom. The van der Waals surface area contributed by atoms with E-state index >= 15 is 0 Å². The van der Waals surface area contributed by atoms with Gasteiger partial charge >= 0.3 is 0 Å². The number of amides is 1. The standard InChI is InChI=1S/C44H87N3O4/c1-9-13-15-16-17-18-29-47-41(48)24-21-34(5)36-22-23-37-42(39(12-4)50-30-14-10-2)38(33-40(44(36,37)8)51-32-20-28-46)43(6,7)26-25-35(11-3)49-31-19-27-45/h34-40,42H,9-33,45-46H2,1-8H3,(H,47,48)/t34-,35+,36-,37+,38+,39-,40+,42?,44-/m1/s1. The van der Waals surface area contributed by atoms with Crippen molar-refractivity contribution >= 4 is 5.91 Å². The van der Waals surface area contributed by atoms with E-state index in [0.717, 1.165) is 97.0 Å². The number of rotatable bonds is 30. The van der Waals surface area contributed by atoms with Gasteiger partial charge in [-0.1, -0.05) is 93.9 Å². The van der Waals surface area contributed by atoms with Gasteiger partial charge in [0.15, 0.2) is 0 Å². The van der Waals surface area contributed by atoms with Crippen LogP contribution in [0.2, 0.25) is 0 Å². The highest BCUT2D eigenvalue weighted by Crippen LogP contribution is 2.65. The normalized spacial score (nSPS) is 26.9. The van der Waals surface area contributed by atoms with Crippen molar-refractivity contribution in [3.8, 4) is 0 Å². The van der Waals surface area contributed by atoms with Gasteiger partial charge in [-0.05, 0) is 125 Å². The van der Waals surface area contributed by atoms with Gasteiger partial charge in [0.25, 0.3) is 0 Å². The number of hydrogen-bond acceptors (Lipinski definition) is 6. The molecule has 0 spiro atoms. The Morgan fingerprint density at radius 3 is 2.18 bits per heavy atom. The summed E-state index contributed by atoms with van der Waals surface area (Å²) >= 11 is 0. The molecule has 1 unspecified atom stereocenters. The number of fused-ring (bicyclic) bond motifs is 1. The molecule has 5 N–H and O–H groups in total. The van der Waals surface area contributed by atoms with Crippen molar-refractivity contribution in [1.29, 1.82) is 0 Å². The quantitative estimate of drug-likeness (QED) is 0.0638. The van der Waals surface area contributed by atoms with E-state index in [1.165, 1.54) is 44.9 Å². The summed E-state index contributed by atoms with van der Waals surface area (Å²) in [6.07, 6.45) is 21.6. The van der Waals surface area contributed by atoms with E-state index in [1.807, 2.05) is 0 Å². The van der Waals surface area contributed by atoms with E-state index in [-0.39, 0.29) is 35.0 Å². The van der Waals surface area contributed by atoms with E-state index < -0.39 is 0 Å². The highest BCUT2D eigenvalue weighted by atomic mass is 16.5. The lowest BCUT2D eigenvalue weighted by Gasteiger charge is -2.59. The van der Waals surface area contributed by atoms with Crippen molar-refractivity contribution in [2.75, 3.05) is 39.5 Å². The molecule has 2 aliphatic rings. The zero-order valence-electron chi connectivity index (χ0n) is 35.1. The number of ether oxygens (including phenoxy) is 3. The monoisotopic (exact) mass is 722 g/mol. The number of carbonyl (C=O) groups is 1. The number of nitrogens with two attached hydrogens (primary N) is 2. The van der Waals surface area contributed by atoms with Gasteiger partial charge in [0.05, 0.1) is 18.3 Å². The van der Waals surface area contributed by atoms with Gasteiger partial charge < -0.3 is 31.0 Å². The lowest BCUT2D eigenvalue weighted by Crippen LogP contribution is -2.58. The summed E-state index contributed by atoms with van der Waals surface area (Å²) in [5.41, 5.74) is 11.9. The van der Waals surface area contributed by atoms with Crippen LogP contribution in [0.3, 0.4) is 0 Å². The van der Waals surface area contributed by atoms with Crippen molar-refractivity contribution in [3.05, 3.63) is 0 Å². The molecule has 0 radical (unpaired) electrons. The van der Waals surface area contributed by atoms with Gasteiger partial charge in [-0.2, -0.15) is 0 Å². The Morgan fingerprint density at radius 2 is 1.51 bits per heavy atom. The summed E-state index contributed by atoms with van der Waals surface area (Å²) in [6.45, 7) is 23.6. The van der Waals surface area contributed by atoms with E-state index in [1.54, 1.807) is 0 Å². The minimum Gasteiger partial charge on any atom is -0.378 e. The third-order valence-corrected chi connectivity index (χ3v) is 13.4. The first-order valence-corrected chi connectivity index (χ1v) is 22.1. The van der Waals surface area contributed by atoms with Gasteiger partial charge in [-0.15, -0.1) is 0 Å². The first kappa shape index (κ1) is 46.4. The van der Waals surface area contributed by atoms with E-state index in [2.05, 4.69) is 60.7 Å². The molecule has 1 amide bonds. The maximum absolute atomic E-state index is 13.0. The molecule has 0 aliphatic heterocycles. The molecule has 302 valence electrons. The fourth-order valence-corrected chi connectivity index (χ4v) is 10.2. The number of nitrogens with one attached hydrogen (secondary N) is 1. The summed E-state index contributed by atoms with van der Waals surface area (Å²) in [4.78, 5) is 13.0. The molecule has 2 fully saturated rings. The maximum Gasteiger partial charge on any atom is 0.220 e. The first-order valence-electron chi connectivity index (χ1n) is 22.1. The molecule has 51 heavy (non-hydrogen) atoms. The van der Waals surface area contributed by atoms with Crippen molar-refractivity contribution in [2.45, 2.75) is 196 Å². The molecule has 2 saturated carbocycles. The molecule has 7 nitrogen and oxygen atoms in total. The summed E-state index contributed by atoms with van der Waals surface area (Å²) in [5, 5.41) is 3.24. The van der Waals surface area contributed by atoms with Gasteiger partial charge in [0, 0.05) is 38.2 Å². The minimum absolute atomic E-state index is 0.0407. The molecule has 0 heterocycles. The Balaban J connectivity index is 2.31. The van der Waals surface area contributed by atoms with Gasteiger partial charge in [0.1, 0.15) is 0 Å². The second-order valence-electron chi connectivity index (χ2n) is 17.5. The largest absolute Gasteiger partial charge is 0.378 e. The second-order valence-corrected chi connectivity index (χ2v) is 17.5. The lowest BCUT2D eigenvalue weighted by molar-refractivity contribution is -0.185. The molecular weight excluding hydrogens is 635 g/mol. The van der Waals surface area contributed by atoms with E-state index in [4.69, 9.17) is 25.7 Å². The average molecular weight is 722 g/mol. The fraction of sp³-hybridized carbons (Fsp3) is 0.977. The summed E-state index contributed by atoms with van der Waals surface area (Å²) < 4.78 is 20.2. The second kappa shape index (κ2) is 25.4.